The summed E-state index contributed by atoms with van der Waals surface area (Å²) in [5.74, 6) is 4.56. The van der Waals surface area contributed by atoms with Crippen LogP contribution in [-0.4, -0.2) is 22.6 Å². The van der Waals surface area contributed by atoms with Crippen LogP contribution in [0.25, 0.3) is 0 Å². The van der Waals surface area contributed by atoms with E-state index in [-0.39, 0.29) is 24.1 Å². The van der Waals surface area contributed by atoms with Gasteiger partial charge in [0.1, 0.15) is 0 Å². The zero-order chi connectivity index (χ0) is 15.2. The van der Waals surface area contributed by atoms with Gasteiger partial charge in [0.25, 0.3) is 0 Å². The highest BCUT2D eigenvalue weighted by molar-refractivity contribution is 5.95. The number of carbonyl (C=O) groups excluding carboxylic acids is 3. The molecule has 21 heavy (non-hydrogen) atoms. The molecule has 0 unspecified atom stereocenters. The van der Waals surface area contributed by atoms with Crippen molar-refractivity contribution in [2.45, 2.75) is 38.6 Å². The van der Waals surface area contributed by atoms with Crippen LogP contribution >= 0.6 is 0 Å². The molecule has 1 heterocycles. The van der Waals surface area contributed by atoms with Crippen molar-refractivity contribution in [1.29, 1.82) is 0 Å². The van der Waals surface area contributed by atoms with E-state index in [1.165, 1.54) is 4.90 Å². The molecule has 0 atom stereocenters. The van der Waals surface area contributed by atoms with E-state index >= 15 is 0 Å². The van der Waals surface area contributed by atoms with Crippen LogP contribution in [0.15, 0.2) is 24.3 Å². The van der Waals surface area contributed by atoms with Gasteiger partial charge in [-0.25, -0.2) is 5.84 Å². The first-order chi connectivity index (χ1) is 10.1. The lowest BCUT2D eigenvalue weighted by atomic mass is 10.1. The van der Waals surface area contributed by atoms with Crippen LogP contribution in [-0.2, 0) is 27.3 Å². The summed E-state index contributed by atoms with van der Waals surface area (Å²) in [5, 5.41) is 0. The molecule has 0 radical (unpaired) electrons. The average molecular weight is 289 g/mol. The maximum atomic E-state index is 11.9. The highest BCUT2D eigenvalue weighted by Gasteiger charge is 2.23. The molecule has 1 aromatic carbocycles. The summed E-state index contributed by atoms with van der Waals surface area (Å²) >= 11 is 0. The molecular formula is C15H19N3O3. The minimum Gasteiger partial charge on any atom is -0.294 e. The van der Waals surface area contributed by atoms with E-state index in [1.54, 1.807) is 12.1 Å². The van der Waals surface area contributed by atoms with Crippen LogP contribution in [0.5, 0.6) is 0 Å². The molecule has 1 aromatic rings. The van der Waals surface area contributed by atoms with Crippen LogP contribution in [0.1, 0.15) is 36.8 Å². The van der Waals surface area contributed by atoms with Crippen LogP contribution in [0.4, 0.5) is 0 Å². The van der Waals surface area contributed by atoms with Gasteiger partial charge in [0.15, 0.2) is 0 Å². The number of benzene rings is 1. The number of likely N-dealkylation sites (tertiary alicyclic amines) is 1. The van der Waals surface area contributed by atoms with Crippen molar-refractivity contribution in [3.63, 3.8) is 0 Å². The fourth-order valence-electron chi connectivity index (χ4n) is 2.32. The van der Waals surface area contributed by atoms with Gasteiger partial charge in [-0.2, -0.15) is 0 Å². The standard InChI is InChI=1S/C15H19N3O3/c16-17-13(19)9-11-5-7-12(8-6-11)10-18-14(20)3-1-2-4-15(18)21/h5-8H,1-4,9-10,16H2,(H,17,19). The Labute approximate surface area is 123 Å². The first-order valence-corrected chi connectivity index (χ1v) is 7.00. The molecule has 1 aliphatic heterocycles. The number of nitrogens with two attached hydrogens (primary N) is 1. The van der Waals surface area contributed by atoms with Crippen LogP contribution < -0.4 is 11.3 Å². The Kier molecular flexibility index (Phi) is 5.05. The largest absolute Gasteiger partial charge is 0.294 e. The Morgan fingerprint density at radius 2 is 1.57 bits per heavy atom. The lowest BCUT2D eigenvalue weighted by Crippen LogP contribution is -2.34. The third-order valence-electron chi connectivity index (χ3n) is 3.52. The number of hydrogen-bond acceptors (Lipinski definition) is 4. The van der Waals surface area contributed by atoms with Gasteiger partial charge in [-0.3, -0.25) is 24.7 Å². The number of imide groups is 1. The van der Waals surface area contributed by atoms with E-state index in [1.807, 2.05) is 12.1 Å². The Morgan fingerprint density at radius 1 is 1.05 bits per heavy atom. The summed E-state index contributed by atoms with van der Waals surface area (Å²) < 4.78 is 0. The molecule has 0 spiro atoms. The van der Waals surface area contributed by atoms with E-state index in [0.717, 1.165) is 24.0 Å². The quantitative estimate of drug-likeness (QED) is 0.368. The number of hydrazine groups is 1. The molecule has 2 rings (SSSR count). The zero-order valence-electron chi connectivity index (χ0n) is 11.8. The third kappa shape index (κ3) is 4.13. The molecule has 3 N–H and O–H groups in total. The summed E-state index contributed by atoms with van der Waals surface area (Å²) in [7, 11) is 0. The number of rotatable bonds is 4. The smallest absolute Gasteiger partial charge is 0.238 e. The maximum absolute atomic E-state index is 11.9. The molecular weight excluding hydrogens is 270 g/mol. The zero-order valence-corrected chi connectivity index (χ0v) is 11.8. The van der Waals surface area contributed by atoms with Gasteiger partial charge in [0.05, 0.1) is 13.0 Å². The van der Waals surface area contributed by atoms with Crippen molar-refractivity contribution in [3.8, 4) is 0 Å². The normalized spacial score (nSPS) is 15.8. The monoisotopic (exact) mass is 289 g/mol. The summed E-state index contributed by atoms with van der Waals surface area (Å²) in [6.07, 6.45) is 2.61. The number of hydrogen-bond donors (Lipinski definition) is 2. The van der Waals surface area contributed by atoms with Crippen LogP contribution in [0.3, 0.4) is 0 Å². The van der Waals surface area contributed by atoms with E-state index in [2.05, 4.69) is 5.43 Å². The molecule has 3 amide bonds. The SMILES string of the molecule is NNC(=O)Cc1ccc(CN2C(=O)CCCCC2=O)cc1. The number of amides is 3. The molecule has 0 aromatic heterocycles. The molecule has 112 valence electrons. The first kappa shape index (κ1) is 15.2. The predicted molar refractivity (Wildman–Crippen MR) is 76.5 cm³/mol. The third-order valence-corrected chi connectivity index (χ3v) is 3.52. The molecule has 6 heteroatoms. The van der Waals surface area contributed by atoms with Gasteiger partial charge < -0.3 is 0 Å². The van der Waals surface area contributed by atoms with Crippen molar-refractivity contribution in [2.24, 2.45) is 5.84 Å². The molecule has 1 aliphatic rings. The number of nitrogens with zero attached hydrogens (tertiary/aromatic N) is 1. The molecule has 0 saturated carbocycles. The van der Waals surface area contributed by atoms with E-state index in [0.29, 0.717) is 19.4 Å². The van der Waals surface area contributed by atoms with Crippen LogP contribution in [0.2, 0.25) is 0 Å². The van der Waals surface area contributed by atoms with Crippen molar-refractivity contribution in [3.05, 3.63) is 35.4 Å². The lowest BCUT2D eigenvalue weighted by Gasteiger charge is -2.18. The second kappa shape index (κ2) is 6.99. The molecule has 0 aliphatic carbocycles. The minimum absolute atomic E-state index is 0.107. The van der Waals surface area contributed by atoms with Crippen molar-refractivity contribution in [2.75, 3.05) is 0 Å². The Morgan fingerprint density at radius 3 is 2.10 bits per heavy atom. The number of carbonyl (C=O) groups is 3. The summed E-state index contributed by atoms with van der Waals surface area (Å²) in [6.45, 7) is 0.293. The van der Waals surface area contributed by atoms with Gasteiger partial charge in [-0.15, -0.1) is 0 Å². The maximum Gasteiger partial charge on any atom is 0.238 e. The lowest BCUT2D eigenvalue weighted by molar-refractivity contribution is -0.144. The van der Waals surface area contributed by atoms with E-state index in [4.69, 9.17) is 5.84 Å². The highest BCUT2D eigenvalue weighted by Crippen LogP contribution is 2.16. The van der Waals surface area contributed by atoms with E-state index in [9.17, 15) is 14.4 Å². The highest BCUT2D eigenvalue weighted by atomic mass is 16.2. The van der Waals surface area contributed by atoms with Gasteiger partial charge in [0, 0.05) is 12.8 Å². The first-order valence-electron chi connectivity index (χ1n) is 7.00. The van der Waals surface area contributed by atoms with Gasteiger partial charge in [-0.05, 0) is 24.0 Å². The Balaban J connectivity index is 2.03. The van der Waals surface area contributed by atoms with Crippen molar-refractivity contribution >= 4 is 17.7 Å². The fourth-order valence-corrected chi connectivity index (χ4v) is 2.32. The second-order valence-electron chi connectivity index (χ2n) is 5.14. The van der Waals surface area contributed by atoms with Gasteiger partial charge in [0.2, 0.25) is 17.7 Å². The van der Waals surface area contributed by atoms with Gasteiger partial charge >= 0.3 is 0 Å². The van der Waals surface area contributed by atoms with Crippen LogP contribution in [0, 0.1) is 0 Å². The Bertz CT molecular complexity index is 522. The minimum atomic E-state index is -0.263. The molecule has 1 fully saturated rings. The molecule has 1 saturated heterocycles. The van der Waals surface area contributed by atoms with Gasteiger partial charge in [-0.1, -0.05) is 24.3 Å². The topological polar surface area (TPSA) is 92.5 Å². The molecule has 0 bridgehead atoms. The summed E-state index contributed by atoms with van der Waals surface area (Å²) in [5.41, 5.74) is 3.78. The second-order valence-corrected chi connectivity index (χ2v) is 5.14. The van der Waals surface area contributed by atoms with Crippen molar-refractivity contribution < 1.29 is 14.4 Å². The number of nitrogens with one attached hydrogen (secondary N) is 1. The summed E-state index contributed by atoms with van der Waals surface area (Å²) in [4.78, 5) is 36.3. The summed E-state index contributed by atoms with van der Waals surface area (Å²) in [6, 6.07) is 7.25. The average Bonchev–Trinajstić information content (AvgIpc) is 2.64. The van der Waals surface area contributed by atoms with E-state index < -0.39 is 0 Å². The predicted octanol–water partition coefficient (Wildman–Crippen LogP) is 0.648. The molecule has 6 nitrogen and oxygen atoms in total. The van der Waals surface area contributed by atoms with Crippen molar-refractivity contribution in [1.82, 2.24) is 10.3 Å². The Hall–Kier alpha value is -2.21. The fraction of sp³-hybridized carbons (Fsp3) is 0.400.